The van der Waals surface area contributed by atoms with Crippen molar-refractivity contribution in [3.8, 4) is 0 Å². The van der Waals surface area contributed by atoms with E-state index in [0.29, 0.717) is 5.56 Å². The Morgan fingerprint density at radius 2 is 2.29 bits per heavy atom. The van der Waals surface area contributed by atoms with Crippen LogP contribution in [0, 0.1) is 10.1 Å². The van der Waals surface area contributed by atoms with Crippen molar-refractivity contribution < 1.29 is 14.5 Å². The molecule has 0 spiro atoms. The number of hydrogen-bond acceptors (Lipinski definition) is 4. The zero-order chi connectivity index (χ0) is 12.8. The van der Waals surface area contributed by atoms with E-state index in [-0.39, 0.29) is 17.3 Å². The fourth-order valence-electron chi connectivity index (χ4n) is 1.11. The van der Waals surface area contributed by atoms with E-state index in [1.54, 1.807) is 6.92 Å². The van der Waals surface area contributed by atoms with E-state index < -0.39 is 10.9 Å². The number of benzene rings is 1. The summed E-state index contributed by atoms with van der Waals surface area (Å²) < 4.78 is 4.69. The smallest absolute Gasteiger partial charge is 0.330 e. The molecule has 0 aliphatic heterocycles. The van der Waals surface area contributed by atoms with Crippen molar-refractivity contribution in [3.05, 3.63) is 45.0 Å². The Balaban J connectivity index is 2.86. The molecule has 0 N–H and O–H groups in total. The van der Waals surface area contributed by atoms with Gasteiger partial charge < -0.3 is 4.74 Å². The molecule has 0 fully saturated rings. The molecular formula is C11H10ClNO4. The first-order chi connectivity index (χ1) is 8.04. The lowest BCUT2D eigenvalue weighted by atomic mass is 10.2. The van der Waals surface area contributed by atoms with Crippen LogP contribution in [0.2, 0.25) is 5.02 Å². The van der Waals surface area contributed by atoms with Crippen LogP contribution in [-0.4, -0.2) is 17.5 Å². The lowest BCUT2D eigenvalue weighted by Gasteiger charge is -1.98. The van der Waals surface area contributed by atoms with Gasteiger partial charge in [0.2, 0.25) is 0 Å². The van der Waals surface area contributed by atoms with Crippen molar-refractivity contribution in [1.29, 1.82) is 0 Å². The second-order valence-corrected chi connectivity index (χ2v) is 3.46. The number of nitro groups is 1. The number of hydrogen-bond donors (Lipinski definition) is 0. The Hall–Kier alpha value is -1.88. The predicted molar refractivity (Wildman–Crippen MR) is 63.8 cm³/mol. The third kappa shape index (κ3) is 3.88. The largest absolute Gasteiger partial charge is 0.463 e. The van der Waals surface area contributed by atoms with E-state index in [1.807, 2.05) is 0 Å². The Bertz CT molecular complexity index is 471. The maximum Gasteiger partial charge on any atom is 0.330 e. The molecule has 6 heteroatoms. The fourth-order valence-corrected chi connectivity index (χ4v) is 1.35. The summed E-state index contributed by atoms with van der Waals surface area (Å²) in [4.78, 5) is 21.0. The molecule has 5 nitrogen and oxygen atoms in total. The van der Waals surface area contributed by atoms with Gasteiger partial charge in [0.1, 0.15) is 0 Å². The highest BCUT2D eigenvalue weighted by Gasteiger charge is 2.07. The zero-order valence-corrected chi connectivity index (χ0v) is 9.81. The second kappa shape index (κ2) is 6.00. The molecule has 90 valence electrons. The molecular weight excluding hydrogens is 246 g/mol. The Morgan fingerprint density at radius 1 is 1.59 bits per heavy atom. The van der Waals surface area contributed by atoms with Crippen LogP contribution in [0.3, 0.4) is 0 Å². The lowest BCUT2D eigenvalue weighted by molar-refractivity contribution is -0.384. The van der Waals surface area contributed by atoms with Crippen molar-refractivity contribution in [2.45, 2.75) is 6.92 Å². The van der Waals surface area contributed by atoms with Crippen molar-refractivity contribution >= 4 is 29.3 Å². The Labute approximate surface area is 103 Å². The Morgan fingerprint density at radius 3 is 2.82 bits per heavy atom. The van der Waals surface area contributed by atoms with Crippen LogP contribution in [0.25, 0.3) is 6.08 Å². The SMILES string of the molecule is CCOC(=O)/C=C/c1ccc([N+](=O)[O-])cc1Cl. The molecule has 1 aromatic carbocycles. The average molecular weight is 256 g/mol. The van der Waals surface area contributed by atoms with Crippen molar-refractivity contribution in [2.24, 2.45) is 0 Å². The molecule has 0 heterocycles. The molecule has 0 saturated carbocycles. The first-order valence-corrected chi connectivity index (χ1v) is 5.21. The van der Waals surface area contributed by atoms with Crippen LogP contribution in [0.5, 0.6) is 0 Å². The monoisotopic (exact) mass is 255 g/mol. The number of halogens is 1. The molecule has 17 heavy (non-hydrogen) atoms. The van der Waals surface area contributed by atoms with Crippen LogP contribution in [0.4, 0.5) is 5.69 Å². The van der Waals surface area contributed by atoms with Gasteiger partial charge >= 0.3 is 5.97 Å². The van der Waals surface area contributed by atoms with Crippen LogP contribution >= 0.6 is 11.6 Å². The maximum atomic E-state index is 11.0. The molecule has 1 aromatic rings. The predicted octanol–water partition coefficient (Wildman–Crippen LogP) is 2.82. The molecule has 0 unspecified atom stereocenters. The molecule has 0 aliphatic rings. The van der Waals surface area contributed by atoms with E-state index in [4.69, 9.17) is 11.6 Å². The fraction of sp³-hybridized carbons (Fsp3) is 0.182. The number of nitrogens with zero attached hydrogens (tertiary/aromatic N) is 1. The van der Waals surface area contributed by atoms with Crippen molar-refractivity contribution in [2.75, 3.05) is 6.61 Å². The van der Waals surface area contributed by atoms with Gasteiger partial charge in [0.05, 0.1) is 16.6 Å². The number of nitro benzene ring substituents is 1. The van der Waals surface area contributed by atoms with E-state index in [9.17, 15) is 14.9 Å². The molecule has 0 saturated heterocycles. The average Bonchev–Trinajstić information content (AvgIpc) is 2.27. The minimum Gasteiger partial charge on any atom is -0.463 e. The van der Waals surface area contributed by atoms with Crippen LogP contribution in [-0.2, 0) is 9.53 Å². The van der Waals surface area contributed by atoms with Gasteiger partial charge in [0, 0.05) is 18.2 Å². The molecule has 0 atom stereocenters. The van der Waals surface area contributed by atoms with Gasteiger partial charge in [-0.1, -0.05) is 11.6 Å². The summed E-state index contributed by atoms with van der Waals surface area (Å²) in [6.07, 6.45) is 2.67. The highest BCUT2D eigenvalue weighted by Crippen LogP contribution is 2.23. The highest BCUT2D eigenvalue weighted by molar-refractivity contribution is 6.32. The summed E-state index contributed by atoms with van der Waals surface area (Å²) >= 11 is 5.83. The van der Waals surface area contributed by atoms with Crippen LogP contribution < -0.4 is 0 Å². The van der Waals surface area contributed by atoms with Gasteiger partial charge in [0.25, 0.3) is 5.69 Å². The standard InChI is InChI=1S/C11H10ClNO4/c1-2-17-11(14)6-4-8-3-5-9(13(15)16)7-10(8)12/h3-7H,2H2,1H3/b6-4+. The normalized spacial score (nSPS) is 10.5. The van der Waals surface area contributed by atoms with E-state index in [1.165, 1.54) is 30.4 Å². The molecule has 0 aromatic heterocycles. The molecule has 1 rings (SSSR count). The quantitative estimate of drug-likeness (QED) is 0.359. The minimum absolute atomic E-state index is 0.0942. The summed E-state index contributed by atoms with van der Waals surface area (Å²) in [6.45, 7) is 1.99. The third-order valence-electron chi connectivity index (χ3n) is 1.88. The number of carbonyl (C=O) groups excluding carboxylic acids is 1. The summed E-state index contributed by atoms with van der Waals surface area (Å²) in [5.74, 6) is -0.484. The highest BCUT2D eigenvalue weighted by atomic mass is 35.5. The topological polar surface area (TPSA) is 69.4 Å². The van der Waals surface area contributed by atoms with Crippen LogP contribution in [0.15, 0.2) is 24.3 Å². The first-order valence-electron chi connectivity index (χ1n) is 4.83. The van der Waals surface area contributed by atoms with Gasteiger partial charge in [-0.25, -0.2) is 4.79 Å². The second-order valence-electron chi connectivity index (χ2n) is 3.05. The molecule has 0 bridgehead atoms. The van der Waals surface area contributed by atoms with Gasteiger partial charge in [-0.05, 0) is 24.6 Å². The first kappa shape index (κ1) is 13.2. The summed E-state index contributed by atoms with van der Waals surface area (Å²) in [6, 6.07) is 4.01. The number of carbonyl (C=O) groups is 1. The van der Waals surface area contributed by atoms with Crippen molar-refractivity contribution in [1.82, 2.24) is 0 Å². The Kier molecular flexibility index (Phi) is 4.66. The maximum absolute atomic E-state index is 11.0. The third-order valence-corrected chi connectivity index (χ3v) is 2.21. The zero-order valence-electron chi connectivity index (χ0n) is 9.05. The summed E-state index contributed by atoms with van der Waals surface area (Å²) in [5.41, 5.74) is 0.425. The van der Waals surface area contributed by atoms with Gasteiger partial charge in [-0.2, -0.15) is 0 Å². The van der Waals surface area contributed by atoms with Crippen molar-refractivity contribution in [3.63, 3.8) is 0 Å². The molecule has 0 aliphatic carbocycles. The summed E-state index contributed by atoms with van der Waals surface area (Å²) in [5, 5.41) is 10.7. The summed E-state index contributed by atoms with van der Waals surface area (Å²) in [7, 11) is 0. The van der Waals surface area contributed by atoms with E-state index in [0.717, 1.165) is 0 Å². The number of esters is 1. The van der Waals surface area contributed by atoms with Gasteiger partial charge in [-0.15, -0.1) is 0 Å². The van der Waals surface area contributed by atoms with E-state index >= 15 is 0 Å². The molecule has 0 radical (unpaired) electrons. The number of ether oxygens (including phenoxy) is 1. The number of rotatable bonds is 4. The van der Waals surface area contributed by atoms with Crippen LogP contribution in [0.1, 0.15) is 12.5 Å². The lowest BCUT2D eigenvalue weighted by Crippen LogP contribution is -1.98. The van der Waals surface area contributed by atoms with E-state index in [2.05, 4.69) is 4.74 Å². The molecule has 0 amide bonds. The van der Waals surface area contributed by atoms with Gasteiger partial charge in [-0.3, -0.25) is 10.1 Å². The van der Waals surface area contributed by atoms with Gasteiger partial charge in [0.15, 0.2) is 0 Å². The minimum atomic E-state index is -0.537. The number of non-ortho nitro benzene ring substituents is 1.